The lowest BCUT2D eigenvalue weighted by atomic mass is 10.1. The number of para-hydroxylation sites is 1. The number of carbonyl (C=O) groups is 1. The summed E-state index contributed by atoms with van der Waals surface area (Å²) < 4.78 is 0. The summed E-state index contributed by atoms with van der Waals surface area (Å²) in [4.78, 5) is 13.9. The summed E-state index contributed by atoms with van der Waals surface area (Å²) in [7, 11) is 0. The lowest BCUT2D eigenvalue weighted by Gasteiger charge is -2.21. The molecule has 0 unspecified atom stereocenters. The summed E-state index contributed by atoms with van der Waals surface area (Å²) in [6.45, 7) is 3.61. The van der Waals surface area contributed by atoms with E-state index in [1.54, 1.807) is 4.90 Å². The first-order valence-electron chi connectivity index (χ1n) is 7.46. The minimum absolute atomic E-state index is 0.149. The molecule has 0 heterocycles. The summed E-state index contributed by atoms with van der Waals surface area (Å²) >= 11 is 0. The van der Waals surface area contributed by atoms with Crippen LogP contribution in [0.5, 0.6) is 0 Å². The third kappa shape index (κ3) is 3.22. The van der Waals surface area contributed by atoms with Crippen LogP contribution in [0.4, 0.5) is 11.4 Å². The number of anilines is 2. The summed E-state index contributed by atoms with van der Waals surface area (Å²) in [6, 6.07) is 27.7. The van der Waals surface area contributed by atoms with Crippen LogP contribution in [-0.4, -0.2) is 5.91 Å². The van der Waals surface area contributed by atoms with Crippen LogP contribution in [0.3, 0.4) is 0 Å². The number of carbonyl (C=O) groups excluding carboxylic acids is 1. The van der Waals surface area contributed by atoms with Gasteiger partial charge in [-0.15, -0.1) is 0 Å². The van der Waals surface area contributed by atoms with E-state index in [1.165, 1.54) is 6.08 Å². The second kappa shape index (κ2) is 6.75. The fourth-order valence-electron chi connectivity index (χ4n) is 2.51. The van der Waals surface area contributed by atoms with E-state index >= 15 is 0 Å². The van der Waals surface area contributed by atoms with Crippen molar-refractivity contribution in [2.24, 2.45) is 0 Å². The summed E-state index contributed by atoms with van der Waals surface area (Å²) in [5.41, 5.74) is 3.92. The maximum Gasteiger partial charge on any atom is 0.254 e. The van der Waals surface area contributed by atoms with Gasteiger partial charge in [-0.25, -0.2) is 0 Å². The molecule has 0 spiro atoms. The summed E-state index contributed by atoms with van der Waals surface area (Å²) in [6.07, 6.45) is 1.33. The van der Waals surface area contributed by atoms with Crippen molar-refractivity contribution >= 4 is 17.3 Å². The van der Waals surface area contributed by atoms with Gasteiger partial charge in [-0.3, -0.25) is 9.69 Å². The SMILES string of the molecule is C=CC(=O)N(c1ccccc1)c1ccc(-c2ccccc2)cc1. The van der Waals surface area contributed by atoms with Crippen LogP contribution in [-0.2, 0) is 4.79 Å². The monoisotopic (exact) mass is 299 g/mol. The highest BCUT2D eigenvalue weighted by molar-refractivity contribution is 6.06. The highest BCUT2D eigenvalue weighted by Gasteiger charge is 2.14. The zero-order valence-corrected chi connectivity index (χ0v) is 12.7. The van der Waals surface area contributed by atoms with E-state index in [0.29, 0.717) is 0 Å². The van der Waals surface area contributed by atoms with Crippen LogP contribution < -0.4 is 4.90 Å². The van der Waals surface area contributed by atoms with Crippen molar-refractivity contribution in [1.82, 2.24) is 0 Å². The molecule has 0 bridgehead atoms. The van der Waals surface area contributed by atoms with E-state index in [4.69, 9.17) is 0 Å². The highest BCUT2D eigenvalue weighted by atomic mass is 16.2. The quantitative estimate of drug-likeness (QED) is 0.606. The van der Waals surface area contributed by atoms with Gasteiger partial charge in [-0.1, -0.05) is 67.2 Å². The van der Waals surface area contributed by atoms with Gasteiger partial charge in [-0.2, -0.15) is 0 Å². The molecule has 2 heteroatoms. The minimum Gasteiger partial charge on any atom is -0.278 e. The molecule has 0 aliphatic carbocycles. The first-order valence-corrected chi connectivity index (χ1v) is 7.46. The lowest BCUT2D eigenvalue weighted by molar-refractivity contribution is -0.113. The molecule has 3 aromatic rings. The zero-order chi connectivity index (χ0) is 16.1. The molecule has 3 aromatic carbocycles. The van der Waals surface area contributed by atoms with Gasteiger partial charge in [0.25, 0.3) is 5.91 Å². The average molecular weight is 299 g/mol. The summed E-state index contributed by atoms with van der Waals surface area (Å²) in [5.74, 6) is -0.149. The molecule has 0 radical (unpaired) electrons. The van der Waals surface area contributed by atoms with Crippen molar-refractivity contribution in [1.29, 1.82) is 0 Å². The fourth-order valence-corrected chi connectivity index (χ4v) is 2.51. The number of amides is 1. The van der Waals surface area contributed by atoms with E-state index in [0.717, 1.165) is 22.5 Å². The van der Waals surface area contributed by atoms with Gasteiger partial charge in [0.1, 0.15) is 0 Å². The fraction of sp³-hybridized carbons (Fsp3) is 0. The predicted octanol–water partition coefficient (Wildman–Crippen LogP) is 5.20. The van der Waals surface area contributed by atoms with Gasteiger partial charge in [0, 0.05) is 11.4 Å². The Kier molecular flexibility index (Phi) is 4.34. The largest absolute Gasteiger partial charge is 0.278 e. The van der Waals surface area contributed by atoms with Crippen LogP contribution in [0.1, 0.15) is 0 Å². The van der Waals surface area contributed by atoms with Crippen molar-refractivity contribution in [3.05, 3.63) is 97.6 Å². The van der Waals surface area contributed by atoms with E-state index in [1.807, 2.05) is 72.8 Å². The average Bonchev–Trinajstić information content (AvgIpc) is 2.64. The Morgan fingerprint density at radius 1 is 0.696 bits per heavy atom. The Bertz CT molecular complexity index is 792. The maximum absolute atomic E-state index is 12.3. The van der Waals surface area contributed by atoms with Crippen molar-refractivity contribution < 1.29 is 4.79 Å². The number of benzene rings is 3. The number of nitrogens with zero attached hydrogens (tertiary/aromatic N) is 1. The standard InChI is InChI=1S/C21H17NO/c1-2-21(23)22(19-11-7-4-8-12-19)20-15-13-18(14-16-20)17-9-5-3-6-10-17/h2-16H,1H2. The first-order chi connectivity index (χ1) is 11.3. The third-order valence-corrected chi connectivity index (χ3v) is 3.64. The Hall–Kier alpha value is -3.13. The number of hydrogen-bond acceptors (Lipinski definition) is 1. The van der Waals surface area contributed by atoms with Gasteiger partial charge in [-0.05, 0) is 41.5 Å². The van der Waals surface area contributed by atoms with Crippen LogP contribution >= 0.6 is 0 Å². The molecule has 0 atom stereocenters. The van der Waals surface area contributed by atoms with E-state index in [2.05, 4.69) is 18.7 Å². The lowest BCUT2D eigenvalue weighted by Crippen LogP contribution is -2.23. The van der Waals surface area contributed by atoms with Crippen molar-refractivity contribution in [3.63, 3.8) is 0 Å². The third-order valence-electron chi connectivity index (χ3n) is 3.64. The number of rotatable bonds is 4. The molecular formula is C21H17NO. The van der Waals surface area contributed by atoms with Crippen LogP contribution in [0.2, 0.25) is 0 Å². The highest BCUT2D eigenvalue weighted by Crippen LogP contribution is 2.28. The Morgan fingerprint density at radius 2 is 1.17 bits per heavy atom. The van der Waals surface area contributed by atoms with Crippen molar-refractivity contribution in [2.75, 3.05) is 4.90 Å². The molecule has 0 saturated heterocycles. The van der Waals surface area contributed by atoms with Gasteiger partial charge < -0.3 is 0 Å². The molecule has 1 amide bonds. The van der Waals surface area contributed by atoms with Gasteiger partial charge in [0.2, 0.25) is 0 Å². The summed E-state index contributed by atoms with van der Waals surface area (Å²) in [5, 5.41) is 0. The topological polar surface area (TPSA) is 20.3 Å². The van der Waals surface area contributed by atoms with Crippen molar-refractivity contribution in [3.8, 4) is 11.1 Å². The second-order valence-corrected chi connectivity index (χ2v) is 5.13. The smallest absolute Gasteiger partial charge is 0.254 e. The van der Waals surface area contributed by atoms with E-state index in [-0.39, 0.29) is 5.91 Å². The molecule has 0 aliphatic heterocycles. The first kappa shape index (κ1) is 14.8. The van der Waals surface area contributed by atoms with Gasteiger partial charge in [0.05, 0.1) is 0 Å². The van der Waals surface area contributed by atoms with Gasteiger partial charge >= 0.3 is 0 Å². The van der Waals surface area contributed by atoms with E-state index < -0.39 is 0 Å². The number of hydrogen-bond donors (Lipinski definition) is 0. The Labute approximate surface area is 136 Å². The molecule has 0 aromatic heterocycles. The van der Waals surface area contributed by atoms with Crippen LogP contribution in [0, 0.1) is 0 Å². The molecular weight excluding hydrogens is 282 g/mol. The normalized spacial score (nSPS) is 10.1. The molecule has 0 saturated carbocycles. The Balaban J connectivity index is 1.98. The van der Waals surface area contributed by atoms with Crippen LogP contribution in [0.25, 0.3) is 11.1 Å². The predicted molar refractivity (Wildman–Crippen MR) is 95.7 cm³/mol. The van der Waals surface area contributed by atoms with E-state index in [9.17, 15) is 4.79 Å². The van der Waals surface area contributed by atoms with Gasteiger partial charge in [0.15, 0.2) is 0 Å². The molecule has 0 N–H and O–H groups in total. The molecule has 112 valence electrons. The van der Waals surface area contributed by atoms with Crippen molar-refractivity contribution in [2.45, 2.75) is 0 Å². The maximum atomic E-state index is 12.3. The molecule has 3 rings (SSSR count). The molecule has 23 heavy (non-hydrogen) atoms. The minimum atomic E-state index is -0.149. The molecule has 2 nitrogen and oxygen atoms in total. The molecule has 0 aliphatic rings. The zero-order valence-electron chi connectivity index (χ0n) is 12.7. The second-order valence-electron chi connectivity index (χ2n) is 5.13. The molecule has 0 fully saturated rings. The van der Waals surface area contributed by atoms with Crippen LogP contribution in [0.15, 0.2) is 97.6 Å². The Morgan fingerprint density at radius 3 is 1.74 bits per heavy atom.